The highest BCUT2D eigenvalue weighted by molar-refractivity contribution is 5.90. The van der Waals surface area contributed by atoms with Gasteiger partial charge < -0.3 is 21.1 Å². The van der Waals surface area contributed by atoms with Gasteiger partial charge in [-0.25, -0.2) is 5.01 Å². The molecule has 0 aromatic heterocycles. The van der Waals surface area contributed by atoms with Crippen molar-refractivity contribution < 1.29 is 50.6 Å². The standard InChI is InChI=1S/C31H45F6N5O5/c1-18(2)24(39-28(46)30(32,33)34)26(44)38-22(15-20-11-7-5-8-12-20)23(43)17-42(16-21-13-9-6-10-14-21)41-27(45)25(19(3)4)40-29(47)31(35,36)37/h5,7-8,11-12,18-19,21-25,43H,6,9-10,13-17H2,1-4H3,(H,38,44)(H,39,46)(H,40,47)(H,41,45)/t22-,23-,24-,25-/m0/s1. The minimum absolute atomic E-state index is 0.00720. The van der Waals surface area contributed by atoms with Crippen molar-refractivity contribution in [3.05, 3.63) is 35.9 Å². The van der Waals surface area contributed by atoms with E-state index < -0.39 is 72.0 Å². The topological polar surface area (TPSA) is 140 Å². The second kappa shape index (κ2) is 17.7. The molecule has 2 rings (SSSR count). The minimum Gasteiger partial charge on any atom is -0.390 e. The van der Waals surface area contributed by atoms with Gasteiger partial charge in [0.05, 0.1) is 12.1 Å². The van der Waals surface area contributed by atoms with Crippen molar-refractivity contribution >= 4 is 23.6 Å². The van der Waals surface area contributed by atoms with Crippen LogP contribution in [-0.2, 0) is 25.6 Å². The fourth-order valence-corrected chi connectivity index (χ4v) is 5.37. The van der Waals surface area contributed by atoms with Crippen LogP contribution in [-0.4, -0.2) is 83.4 Å². The first kappa shape index (κ1) is 39.8. The van der Waals surface area contributed by atoms with Crippen LogP contribution in [0.3, 0.4) is 0 Å². The fraction of sp³-hybridized carbons (Fsp3) is 0.677. The van der Waals surface area contributed by atoms with Gasteiger partial charge >= 0.3 is 24.2 Å². The molecule has 5 N–H and O–H groups in total. The molecule has 1 aliphatic rings. The Kier molecular flexibility index (Phi) is 15.0. The second-order valence-electron chi connectivity index (χ2n) is 12.6. The summed E-state index contributed by atoms with van der Waals surface area (Å²) in [6.07, 6.45) is -7.48. The highest BCUT2D eigenvalue weighted by atomic mass is 19.4. The Morgan fingerprint density at radius 2 is 1.28 bits per heavy atom. The number of rotatable bonds is 15. The molecule has 16 heteroatoms. The highest BCUT2D eigenvalue weighted by Crippen LogP contribution is 2.25. The summed E-state index contributed by atoms with van der Waals surface area (Å²) in [6, 6.07) is 4.25. The lowest BCUT2D eigenvalue weighted by atomic mass is 9.89. The SMILES string of the molecule is CC(C)[C@H](NC(=O)C(F)(F)F)C(=O)N[C@@H](Cc1ccccc1)[C@@H](O)CN(CC1CCCCC1)NC(=O)[C@@H](NC(=O)C(F)(F)F)C(C)C. The van der Waals surface area contributed by atoms with Gasteiger partial charge in [-0.3, -0.25) is 24.6 Å². The van der Waals surface area contributed by atoms with E-state index in [-0.39, 0.29) is 25.4 Å². The van der Waals surface area contributed by atoms with Crippen LogP contribution in [0.4, 0.5) is 26.3 Å². The number of nitrogens with zero attached hydrogens (tertiary/aromatic N) is 1. The van der Waals surface area contributed by atoms with Gasteiger partial charge in [-0.15, -0.1) is 0 Å². The Morgan fingerprint density at radius 3 is 1.74 bits per heavy atom. The van der Waals surface area contributed by atoms with E-state index >= 15 is 0 Å². The third kappa shape index (κ3) is 13.3. The third-order valence-electron chi connectivity index (χ3n) is 7.96. The first-order chi connectivity index (χ1) is 21.8. The van der Waals surface area contributed by atoms with Gasteiger partial charge in [0.1, 0.15) is 12.1 Å². The Bertz CT molecular complexity index is 1180. The van der Waals surface area contributed by atoms with Gasteiger partial charge in [-0.1, -0.05) is 77.3 Å². The number of alkyl halides is 6. The van der Waals surface area contributed by atoms with Gasteiger partial charge in [-0.05, 0) is 42.6 Å². The van der Waals surface area contributed by atoms with Crippen molar-refractivity contribution in [2.24, 2.45) is 17.8 Å². The fourth-order valence-electron chi connectivity index (χ4n) is 5.37. The average Bonchev–Trinajstić information content (AvgIpc) is 2.97. The number of carbonyl (C=O) groups is 4. The number of carbonyl (C=O) groups excluding carboxylic acids is 4. The Morgan fingerprint density at radius 1 is 0.787 bits per heavy atom. The van der Waals surface area contributed by atoms with Gasteiger partial charge in [0.2, 0.25) is 5.91 Å². The second-order valence-corrected chi connectivity index (χ2v) is 12.6. The lowest BCUT2D eigenvalue weighted by Gasteiger charge is -2.35. The van der Waals surface area contributed by atoms with Crippen LogP contribution in [0.15, 0.2) is 30.3 Å². The molecule has 10 nitrogen and oxygen atoms in total. The number of amides is 4. The quantitative estimate of drug-likeness (QED) is 0.142. The van der Waals surface area contributed by atoms with Crippen LogP contribution in [0.1, 0.15) is 65.4 Å². The van der Waals surface area contributed by atoms with Crippen LogP contribution in [0.2, 0.25) is 0 Å². The van der Waals surface area contributed by atoms with E-state index in [2.05, 4.69) is 10.7 Å². The smallest absolute Gasteiger partial charge is 0.390 e. The molecule has 1 fully saturated rings. The van der Waals surface area contributed by atoms with Crippen LogP contribution in [0.5, 0.6) is 0 Å². The molecule has 0 spiro atoms. The largest absolute Gasteiger partial charge is 0.471 e. The monoisotopic (exact) mass is 681 g/mol. The van der Waals surface area contributed by atoms with Crippen LogP contribution in [0.25, 0.3) is 0 Å². The Balaban J connectivity index is 2.35. The van der Waals surface area contributed by atoms with E-state index in [1.165, 1.54) is 32.7 Å². The molecule has 1 saturated carbocycles. The van der Waals surface area contributed by atoms with Crippen molar-refractivity contribution in [2.45, 2.75) is 103 Å². The van der Waals surface area contributed by atoms with E-state index in [0.29, 0.717) is 5.56 Å². The van der Waals surface area contributed by atoms with Crippen molar-refractivity contribution in [3.8, 4) is 0 Å². The number of nitrogens with one attached hydrogen (secondary N) is 4. The molecule has 0 bridgehead atoms. The van der Waals surface area contributed by atoms with E-state index in [1.807, 2.05) is 0 Å². The normalized spacial score (nSPS) is 17.1. The molecule has 0 unspecified atom stereocenters. The molecule has 4 atom stereocenters. The lowest BCUT2D eigenvalue weighted by molar-refractivity contribution is -0.175. The number of aliphatic hydroxyl groups is 1. The first-order valence-corrected chi connectivity index (χ1v) is 15.6. The summed E-state index contributed by atoms with van der Waals surface area (Å²) in [5, 5.41) is 18.8. The average molecular weight is 682 g/mol. The van der Waals surface area contributed by atoms with E-state index in [9.17, 15) is 50.6 Å². The summed E-state index contributed by atoms with van der Waals surface area (Å²) in [4.78, 5) is 49.8. The predicted octanol–water partition coefficient (Wildman–Crippen LogP) is 3.39. The van der Waals surface area contributed by atoms with Crippen LogP contribution in [0, 0.1) is 17.8 Å². The van der Waals surface area contributed by atoms with E-state index in [0.717, 1.165) is 32.1 Å². The van der Waals surface area contributed by atoms with Gasteiger partial charge in [-0.2, -0.15) is 26.3 Å². The zero-order valence-corrected chi connectivity index (χ0v) is 26.9. The molecule has 4 amide bonds. The van der Waals surface area contributed by atoms with Gasteiger partial charge in [0, 0.05) is 13.1 Å². The molecule has 0 heterocycles. The molecule has 0 aliphatic heterocycles. The third-order valence-corrected chi connectivity index (χ3v) is 7.96. The van der Waals surface area contributed by atoms with Crippen molar-refractivity contribution in [1.82, 2.24) is 26.4 Å². The van der Waals surface area contributed by atoms with Crippen molar-refractivity contribution in [1.29, 1.82) is 0 Å². The summed E-state index contributed by atoms with van der Waals surface area (Å²) in [5.74, 6) is -7.96. The number of hydrazine groups is 1. The lowest BCUT2D eigenvalue weighted by Crippen LogP contribution is -2.60. The Labute approximate surface area is 270 Å². The summed E-state index contributed by atoms with van der Waals surface area (Å²) < 4.78 is 77.9. The molecule has 0 saturated heterocycles. The molecular formula is C31H45F6N5O5. The Hall–Kier alpha value is -3.40. The number of benzene rings is 1. The number of hydrogen-bond acceptors (Lipinski definition) is 6. The maximum Gasteiger partial charge on any atom is 0.471 e. The zero-order chi connectivity index (χ0) is 35.5. The molecule has 1 aliphatic carbocycles. The summed E-state index contributed by atoms with van der Waals surface area (Å²) in [6.45, 7) is 5.65. The zero-order valence-electron chi connectivity index (χ0n) is 26.9. The molecule has 1 aromatic rings. The number of aliphatic hydroxyl groups excluding tert-OH is 1. The van der Waals surface area contributed by atoms with Gasteiger partial charge in [0.15, 0.2) is 0 Å². The molecule has 0 radical (unpaired) electrons. The predicted molar refractivity (Wildman–Crippen MR) is 160 cm³/mol. The molecule has 266 valence electrons. The maximum absolute atomic E-state index is 13.3. The van der Waals surface area contributed by atoms with Crippen molar-refractivity contribution in [2.75, 3.05) is 13.1 Å². The van der Waals surface area contributed by atoms with Crippen molar-refractivity contribution in [3.63, 3.8) is 0 Å². The summed E-state index contributed by atoms with van der Waals surface area (Å²) >= 11 is 0. The number of halogens is 6. The molecule has 47 heavy (non-hydrogen) atoms. The van der Waals surface area contributed by atoms with Crippen LogP contribution < -0.4 is 21.4 Å². The summed E-state index contributed by atoms with van der Waals surface area (Å²) in [7, 11) is 0. The van der Waals surface area contributed by atoms with Crippen LogP contribution >= 0.6 is 0 Å². The molecule has 1 aromatic carbocycles. The van der Waals surface area contributed by atoms with Gasteiger partial charge in [0.25, 0.3) is 5.91 Å². The minimum atomic E-state index is -5.23. The number of hydrogen-bond donors (Lipinski definition) is 5. The molecular weight excluding hydrogens is 636 g/mol. The van der Waals surface area contributed by atoms with E-state index in [1.54, 1.807) is 41.0 Å². The maximum atomic E-state index is 13.3. The van der Waals surface area contributed by atoms with E-state index in [4.69, 9.17) is 0 Å². The summed E-state index contributed by atoms with van der Waals surface area (Å²) in [5.41, 5.74) is 3.19. The first-order valence-electron chi connectivity index (χ1n) is 15.6. The highest BCUT2D eigenvalue weighted by Gasteiger charge is 2.43.